The Morgan fingerprint density at radius 1 is 1.41 bits per heavy atom. The largest absolute Gasteiger partial charge is 0.388 e. The number of halogens is 1. The maximum absolute atomic E-state index is 10.2. The first-order valence-corrected chi connectivity index (χ1v) is 6.68. The van der Waals surface area contributed by atoms with Crippen molar-refractivity contribution in [2.24, 2.45) is 0 Å². The molecule has 1 aromatic carbocycles. The summed E-state index contributed by atoms with van der Waals surface area (Å²) < 4.78 is 0. The number of hydrogen-bond donors (Lipinski definition) is 1. The van der Waals surface area contributed by atoms with Crippen LogP contribution in [0.15, 0.2) is 23.6 Å². The summed E-state index contributed by atoms with van der Waals surface area (Å²) in [7, 11) is 0. The predicted molar refractivity (Wildman–Crippen MR) is 71.7 cm³/mol. The van der Waals surface area contributed by atoms with E-state index in [9.17, 15) is 5.11 Å². The van der Waals surface area contributed by atoms with Crippen molar-refractivity contribution < 1.29 is 5.11 Å². The van der Waals surface area contributed by atoms with E-state index >= 15 is 0 Å². The molecule has 0 amide bonds. The Bertz CT molecular complexity index is 524. The van der Waals surface area contributed by atoms with E-state index in [0.717, 1.165) is 21.8 Å². The summed E-state index contributed by atoms with van der Waals surface area (Å²) in [4.78, 5) is 4.35. The second kappa shape index (κ2) is 5.17. The van der Waals surface area contributed by atoms with Gasteiger partial charge in [-0.2, -0.15) is 0 Å². The van der Waals surface area contributed by atoms with Gasteiger partial charge in [0.15, 0.2) is 0 Å². The average Bonchev–Trinajstić information content (AvgIpc) is 2.68. The molecule has 0 aliphatic carbocycles. The third-order valence-electron chi connectivity index (χ3n) is 2.70. The van der Waals surface area contributed by atoms with Gasteiger partial charge in [-0.15, -0.1) is 11.3 Å². The van der Waals surface area contributed by atoms with Crippen molar-refractivity contribution >= 4 is 22.9 Å². The van der Waals surface area contributed by atoms with Crippen LogP contribution in [-0.2, 0) is 6.42 Å². The lowest BCUT2D eigenvalue weighted by molar-refractivity contribution is 0.177. The number of thiazole rings is 1. The van der Waals surface area contributed by atoms with E-state index in [1.807, 2.05) is 37.4 Å². The molecule has 0 saturated carbocycles. The maximum Gasteiger partial charge on any atom is 0.0957 e. The summed E-state index contributed by atoms with van der Waals surface area (Å²) in [5, 5.41) is 13.8. The van der Waals surface area contributed by atoms with Gasteiger partial charge in [0.1, 0.15) is 0 Å². The quantitative estimate of drug-likeness (QED) is 0.920. The van der Waals surface area contributed by atoms with Crippen LogP contribution in [0.2, 0.25) is 5.02 Å². The molecule has 1 unspecified atom stereocenters. The summed E-state index contributed by atoms with van der Waals surface area (Å²) in [5.41, 5.74) is 2.82. The van der Waals surface area contributed by atoms with Crippen LogP contribution in [0.25, 0.3) is 0 Å². The minimum Gasteiger partial charge on any atom is -0.388 e. The van der Waals surface area contributed by atoms with Gasteiger partial charge < -0.3 is 5.11 Å². The molecule has 0 aliphatic rings. The molecule has 1 atom stereocenters. The number of nitrogens with zero attached hydrogens (tertiary/aromatic N) is 1. The third kappa shape index (κ3) is 2.86. The number of aliphatic hydroxyl groups excluding tert-OH is 1. The molecular weight excluding hydrogens is 254 g/mol. The predicted octanol–water partition coefficient (Wildman–Crippen LogP) is 3.69. The Labute approximate surface area is 110 Å². The van der Waals surface area contributed by atoms with Crippen LogP contribution in [0.1, 0.15) is 27.9 Å². The zero-order valence-electron chi connectivity index (χ0n) is 9.77. The fourth-order valence-electron chi connectivity index (χ4n) is 1.76. The number of aliphatic hydroxyl groups is 1. The average molecular weight is 268 g/mol. The van der Waals surface area contributed by atoms with Crippen LogP contribution in [-0.4, -0.2) is 10.1 Å². The Balaban J connectivity index is 2.20. The number of aromatic nitrogens is 1. The zero-order chi connectivity index (χ0) is 12.4. The molecule has 0 saturated heterocycles. The van der Waals surface area contributed by atoms with Gasteiger partial charge in [0.2, 0.25) is 0 Å². The van der Waals surface area contributed by atoms with Crippen LogP contribution in [0.4, 0.5) is 0 Å². The fraction of sp³-hybridized carbons (Fsp3) is 0.308. The molecule has 0 bridgehead atoms. The maximum atomic E-state index is 10.2. The minimum absolute atomic E-state index is 0.541. The van der Waals surface area contributed by atoms with Crippen molar-refractivity contribution in [3.8, 4) is 0 Å². The molecule has 0 radical (unpaired) electrons. The molecule has 0 spiro atoms. The van der Waals surface area contributed by atoms with Crippen molar-refractivity contribution in [3.05, 3.63) is 50.4 Å². The number of hydrogen-bond acceptors (Lipinski definition) is 3. The summed E-state index contributed by atoms with van der Waals surface area (Å²) >= 11 is 7.62. The first kappa shape index (κ1) is 12.6. The van der Waals surface area contributed by atoms with Gasteiger partial charge in [-0.3, -0.25) is 0 Å². The van der Waals surface area contributed by atoms with Crippen molar-refractivity contribution in [2.75, 3.05) is 0 Å². The molecule has 2 rings (SSSR count). The molecular formula is C13H14ClNOS. The Hall–Kier alpha value is -0.900. The van der Waals surface area contributed by atoms with Gasteiger partial charge >= 0.3 is 0 Å². The van der Waals surface area contributed by atoms with Gasteiger partial charge in [0.05, 0.1) is 11.1 Å². The summed E-state index contributed by atoms with van der Waals surface area (Å²) in [6.45, 7) is 3.88. The van der Waals surface area contributed by atoms with Crippen molar-refractivity contribution in [2.45, 2.75) is 26.4 Å². The normalized spacial score (nSPS) is 12.7. The molecule has 4 heteroatoms. The minimum atomic E-state index is -0.542. The molecule has 1 heterocycles. The van der Waals surface area contributed by atoms with Crippen molar-refractivity contribution in [1.82, 2.24) is 4.98 Å². The molecule has 2 nitrogen and oxygen atoms in total. The summed E-state index contributed by atoms with van der Waals surface area (Å²) in [6, 6.07) is 5.61. The zero-order valence-corrected chi connectivity index (χ0v) is 11.3. The lowest BCUT2D eigenvalue weighted by Crippen LogP contribution is -2.04. The lowest BCUT2D eigenvalue weighted by Gasteiger charge is -2.13. The summed E-state index contributed by atoms with van der Waals surface area (Å²) in [6.07, 6.45) is -0.00100. The van der Waals surface area contributed by atoms with Crippen molar-refractivity contribution in [1.29, 1.82) is 0 Å². The van der Waals surface area contributed by atoms with Crippen LogP contribution in [0.5, 0.6) is 0 Å². The van der Waals surface area contributed by atoms with E-state index in [2.05, 4.69) is 4.98 Å². The van der Waals surface area contributed by atoms with Gasteiger partial charge in [0.25, 0.3) is 0 Å². The second-order valence-corrected chi connectivity index (χ2v) is 5.41. The standard InChI is InChI=1S/C13H14ClNOS/c1-8-7-17-13(15-8)6-12(16)10-4-3-5-11(14)9(10)2/h3-5,7,12,16H,6H2,1-2H3. The second-order valence-electron chi connectivity index (χ2n) is 4.06. The molecule has 90 valence electrons. The highest BCUT2D eigenvalue weighted by molar-refractivity contribution is 7.09. The van der Waals surface area contributed by atoms with E-state index in [-0.39, 0.29) is 0 Å². The third-order valence-corrected chi connectivity index (χ3v) is 4.10. The molecule has 0 fully saturated rings. The van der Waals surface area contributed by atoms with Crippen LogP contribution >= 0.6 is 22.9 Å². The Morgan fingerprint density at radius 2 is 2.18 bits per heavy atom. The monoisotopic (exact) mass is 267 g/mol. The molecule has 2 aromatic rings. The smallest absolute Gasteiger partial charge is 0.0957 e. The highest BCUT2D eigenvalue weighted by Crippen LogP contribution is 2.27. The molecule has 17 heavy (non-hydrogen) atoms. The molecule has 1 aromatic heterocycles. The number of rotatable bonds is 3. The first-order valence-electron chi connectivity index (χ1n) is 5.42. The van der Waals surface area contributed by atoms with Gasteiger partial charge in [0, 0.05) is 22.5 Å². The Kier molecular flexibility index (Phi) is 3.82. The van der Waals surface area contributed by atoms with Crippen LogP contribution in [0, 0.1) is 13.8 Å². The first-order chi connectivity index (χ1) is 8.08. The van der Waals surface area contributed by atoms with Crippen LogP contribution < -0.4 is 0 Å². The molecule has 1 N–H and O–H groups in total. The van der Waals surface area contributed by atoms with Gasteiger partial charge in [-0.25, -0.2) is 4.98 Å². The van der Waals surface area contributed by atoms with E-state index in [1.165, 1.54) is 0 Å². The fourth-order valence-corrected chi connectivity index (χ4v) is 2.75. The Morgan fingerprint density at radius 3 is 2.82 bits per heavy atom. The SMILES string of the molecule is Cc1csc(CC(O)c2cccc(Cl)c2C)n1. The van der Waals surface area contributed by atoms with Gasteiger partial charge in [-0.05, 0) is 31.0 Å². The lowest BCUT2D eigenvalue weighted by atomic mass is 10.0. The van der Waals surface area contributed by atoms with E-state index in [1.54, 1.807) is 11.3 Å². The summed E-state index contributed by atoms with van der Waals surface area (Å²) in [5.74, 6) is 0. The van der Waals surface area contributed by atoms with E-state index in [4.69, 9.17) is 11.6 Å². The highest BCUT2D eigenvalue weighted by Gasteiger charge is 2.14. The molecule has 0 aliphatic heterocycles. The van der Waals surface area contributed by atoms with E-state index in [0.29, 0.717) is 11.4 Å². The van der Waals surface area contributed by atoms with Crippen LogP contribution in [0.3, 0.4) is 0 Å². The number of benzene rings is 1. The number of aryl methyl sites for hydroxylation is 1. The highest BCUT2D eigenvalue weighted by atomic mass is 35.5. The van der Waals surface area contributed by atoms with E-state index < -0.39 is 6.10 Å². The topological polar surface area (TPSA) is 33.1 Å². The van der Waals surface area contributed by atoms with Gasteiger partial charge in [-0.1, -0.05) is 23.7 Å². The van der Waals surface area contributed by atoms with Crippen molar-refractivity contribution in [3.63, 3.8) is 0 Å².